The molecule has 1 saturated heterocycles. The van der Waals surface area contributed by atoms with Gasteiger partial charge in [0.2, 0.25) is 11.8 Å². The number of fused-ring (bicyclic) bond motifs is 1. The molecule has 0 bridgehead atoms. The number of thiazole rings is 1. The van der Waals surface area contributed by atoms with Crippen LogP contribution in [0.5, 0.6) is 0 Å². The number of hydrogen-bond donors (Lipinski definition) is 0. The molecule has 3 amide bonds. The van der Waals surface area contributed by atoms with Crippen molar-refractivity contribution in [3.8, 4) is 0 Å². The van der Waals surface area contributed by atoms with E-state index in [0.717, 1.165) is 26.9 Å². The third-order valence-electron chi connectivity index (χ3n) is 6.16. The Labute approximate surface area is 201 Å². The summed E-state index contributed by atoms with van der Waals surface area (Å²) in [5, 5.41) is 0.631. The summed E-state index contributed by atoms with van der Waals surface area (Å²) in [6.45, 7) is 4.48. The summed E-state index contributed by atoms with van der Waals surface area (Å²) in [7, 11) is 0. The van der Waals surface area contributed by atoms with Crippen LogP contribution in [0.4, 0.5) is 10.8 Å². The van der Waals surface area contributed by atoms with E-state index in [1.807, 2.05) is 43.3 Å². The lowest BCUT2D eigenvalue weighted by atomic mass is 10.1. The Bertz CT molecular complexity index is 1390. The van der Waals surface area contributed by atoms with Gasteiger partial charge in [0.1, 0.15) is 0 Å². The number of aromatic nitrogens is 1. The number of aryl methyl sites for hydroxylation is 2. The zero-order chi connectivity index (χ0) is 23.8. The fraction of sp³-hybridized carbons (Fsp3) is 0.185. The molecule has 7 heteroatoms. The van der Waals surface area contributed by atoms with Gasteiger partial charge in [-0.05, 0) is 60.9 Å². The lowest BCUT2D eigenvalue weighted by Crippen LogP contribution is -2.31. The fourth-order valence-corrected chi connectivity index (χ4v) is 5.12. The average molecular weight is 470 g/mol. The first-order chi connectivity index (χ1) is 16.4. The molecular weight excluding hydrogens is 446 g/mol. The summed E-state index contributed by atoms with van der Waals surface area (Å²) >= 11 is 1.49. The van der Waals surface area contributed by atoms with Gasteiger partial charge in [-0.3, -0.25) is 24.2 Å². The zero-order valence-corrected chi connectivity index (χ0v) is 19.8. The number of benzene rings is 3. The Morgan fingerprint density at radius 2 is 1.62 bits per heavy atom. The predicted molar refractivity (Wildman–Crippen MR) is 134 cm³/mol. The molecule has 1 aromatic heterocycles. The summed E-state index contributed by atoms with van der Waals surface area (Å²) in [5.74, 6) is -0.618. The van der Waals surface area contributed by atoms with Gasteiger partial charge in [0.05, 0.1) is 22.4 Å². The minimum absolute atomic E-state index is 0.192. The number of rotatable bonds is 5. The Kier molecular flexibility index (Phi) is 5.71. The second-order valence-electron chi connectivity index (χ2n) is 8.40. The second-order valence-corrected chi connectivity index (χ2v) is 9.41. The van der Waals surface area contributed by atoms with E-state index in [2.05, 4.69) is 13.0 Å². The lowest BCUT2D eigenvalue weighted by molar-refractivity contribution is -0.121. The molecule has 34 heavy (non-hydrogen) atoms. The molecule has 0 saturated carbocycles. The smallest absolute Gasteiger partial charge is 0.260 e. The maximum Gasteiger partial charge on any atom is 0.260 e. The van der Waals surface area contributed by atoms with E-state index in [-0.39, 0.29) is 30.6 Å². The van der Waals surface area contributed by atoms with E-state index in [4.69, 9.17) is 4.98 Å². The molecule has 3 aromatic carbocycles. The topological polar surface area (TPSA) is 70.6 Å². The molecule has 0 N–H and O–H groups in total. The second kappa shape index (κ2) is 8.83. The Hall–Kier alpha value is -3.84. The molecule has 1 aliphatic heterocycles. The van der Waals surface area contributed by atoms with Crippen molar-refractivity contribution in [1.29, 1.82) is 0 Å². The lowest BCUT2D eigenvalue weighted by Gasteiger charge is -2.21. The molecular formula is C27H23N3O3S. The van der Waals surface area contributed by atoms with Crippen LogP contribution in [-0.2, 0) is 16.1 Å². The first-order valence-electron chi connectivity index (χ1n) is 11.1. The molecule has 170 valence electrons. The SMILES string of the molecule is Cc1ccc2sc(N(Cc3ccccc3)C(=O)c3ccc(N4C(=O)CCC4=O)cc3)nc2c1C. The zero-order valence-electron chi connectivity index (χ0n) is 18.9. The van der Waals surface area contributed by atoms with Crippen molar-refractivity contribution in [2.75, 3.05) is 9.80 Å². The molecule has 0 spiro atoms. The number of carbonyl (C=O) groups excluding carboxylic acids is 3. The highest BCUT2D eigenvalue weighted by Crippen LogP contribution is 2.34. The molecule has 4 aromatic rings. The van der Waals surface area contributed by atoms with E-state index in [9.17, 15) is 14.4 Å². The number of nitrogens with zero attached hydrogens (tertiary/aromatic N) is 3. The maximum absolute atomic E-state index is 13.7. The van der Waals surface area contributed by atoms with Crippen molar-refractivity contribution >= 4 is 50.1 Å². The number of amides is 3. The van der Waals surface area contributed by atoms with Crippen LogP contribution in [-0.4, -0.2) is 22.7 Å². The van der Waals surface area contributed by atoms with E-state index >= 15 is 0 Å². The monoisotopic (exact) mass is 469 g/mol. The average Bonchev–Trinajstić information content (AvgIpc) is 3.43. The van der Waals surface area contributed by atoms with Crippen LogP contribution in [0, 0.1) is 13.8 Å². The third-order valence-corrected chi connectivity index (χ3v) is 7.20. The summed E-state index contributed by atoms with van der Waals surface area (Å²) in [4.78, 5) is 45.5. The molecule has 0 atom stereocenters. The van der Waals surface area contributed by atoms with Gasteiger partial charge in [0, 0.05) is 18.4 Å². The molecule has 5 rings (SSSR count). The van der Waals surface area contributed by atoms with E-state index < -0.39 is 0 Å². The van der Waals surface area contributed by atoms with Gasteiger partial charge in [-0.15, -0.1) is 0 Å². The summed E-state index contributed by atoms with van der Waals surface area (Å²) in [5.41, 5.74) is 5.12. The Balaban J connectivity index is 1.51. The molecule has 0 unspecified atom stereocenters. The first-order valence-corrected chi connectivity index (χ1v) is 11.9. The number of imide groups is 1. The Morgan fingerprint density at radius 1 is 0.941 bits per heavy atom. The standard InChI is InChI=1S/C27H23N3O3S/c1-17-8-13-22-25(18(17)2)28-27(34-22)29(16-19-6-4-3-5-7-19)26(33)20-9-11-21(12-10-20)30-23(31)14-15-24(30)32/h3-13H,14-16H2,1-2H3. The molecule has 0 radical (unpaired) electrons. The van der Waals surface area contributed by atoms with Crippen molar-refractivity contribution in [1.82, 2.24) is 4.98 Å². The van der Waals surface area contributed by atoms with Crippen LogP contribution < -0.4 is 9.80 Å². The highest BCUT2D eigenvalue weighted by molar-refractivity contribution is 7.22. The third kappa shape index (κ3) is 3.99. The quantitative estimate of drug-likeness (QED) is 0.366. The number of anilines is 2. The van der Waals surface area contributed by atoms with Crippen LogP contribution >= 0.6 is 11.3 Å². The first kappa shape index (κ1) is 22.0. The number of hydrogen-bond acceptors (Lipinski definition) is 5. The van der Waals surface area contributed by atoms with Crippen LogP contribution in [0.2, 0.25) is 0 Å². The summed E-state index contributed by atoms with van der Waals surface area (Å²) in [6.07, 6.45) is 0.446. The molecule has 6 nitrogen and oxygen atoms in total. The van der Waals surface area contributed by atoms with Crippen molar-refractivity contribution < 1.29 is 14.4 Å². The van der Waals surface area contributed by atoms with Gasteiger partial charge in [0.25, 0.3) is 5.91 Å². The van der Waals surface area contributed by atoms with Crippen LogP contribution in [0.3, 0.4) is 0 Å². The normalized spacial score (nSPS) is 13.6. The van der Waals surface area contributed by atoms with Gasteiger partial charge >= 0.3 is 0 Å². The predicted octanol–water partition coefficient (Wildman–Crippen LogP) is 5.41. The van der Waals surface area contributed by atoms with Crippen molar-refractivity contribution in [3.05, 3.63) is 89.0 Å². The minimum Gasteiger partial charge on any atom is -0.279 e. The van der Waals surface area contributed by atoms with Crippen LogP contribution in [0.25, 0.3) is 10.2 Å². The highest BCUT2D eigenvalue weighted by atomic mass is 32.1. The summed E-state index contributed by atoms with van der Waals surface area (Å²) < 4.78 is 1.03. The summed E-state index contributed by atoms with van der Waals surface area (Å²) in [6, 6.07) is 20.6. The van der Waals surface area contributed by atoms with Gasteiger partial charge in [-0.1, -0.05) is 47.7 Å². The molecule has 1 fully saturated rings. The minimum atomic E-state index is -0.213. The van der Waals surface area contributed by atoms with Crippen LogP contribution in [0.1, 0.15) is 39.9 Å². The van der Waals surface area contributed by atoms with E-state index in [1.165, 1.54) is 16.2 Å². The van der Waals surface area contributed by atoms with Crippen molar-refractivity contribution in [3.63, 3.8) is 0 Å². The van der Waals surface area contributed by atoms with Crippen molar-refractivity contribution in [2.45, 2.75) is 33.2 Å². The fourth-order valence-electron chi connectivity index (χ4n) is 4.10. The van der Waals surface area contributed by atoms with E-state index in [0.29, 0.717) is 22.9 Å². The molecule has 2 heterocycles. The number of carbonyl (C=O) groups is 3. The van der Waals surface area contributed by atoms with Gasteiger partial charge in [-0.2, -0.15) is 0 Å². The van der Waals surface area contributed by atoms with E-state index in [1.54, 1.807) is 29.2 Å². The van der Waals surface area contributed by atoms with Gasteiger partial charge < -0.3 is 0 Å². The van der Waals surface area contributed by atoms with Gasteiger partial charge in [0.15, 0.2) is 5.13 Å². The molecule has 1 aliphatic rings. The van der Waals surface area contributed by atoms with Crippen LogP contribution in [0.15, 0.2) is 66.7 Å². The van der Waals surface area contributed by atoms with Gasteiger partial charge in [-0.25, -0.2) is 4.98 Å². The van der Waals surface area contributed by atoms with Crippen molar-refractivity contribution in [2.24, 2.45) is 0 Å². The largest absolute Gasteiger partial charge is 0.279 e. The molecule has 0 aliphatic carbocycles. The Morgan fingerprint density at radius 3 is 2.29 bits per heavy atom. The maximum atomic E-state index is 13.7. The highest BCUT2D eigenvalue weighted by Gasteiger charge is 2.30.